The van der Waals surface area contributed by atoms with Gasteiger partial charge in [-0.1, -0.05) is 12.1 Å². The van der Waals surface area contributed by atoms with E-state index in [0.717, 1.165) is 21.3 Å². The van der Waals surface area contributed by atoms with Gasteiger partial charge in [-0.2, -0.15) is 0 Å². The number of carbonyl (C=O) groups is 1. The molecule has 5 heteroatoms. The topological polar surface area (TPSA) is 68.0 Å². The third-order valence-electron chi connectivity index (χ3n) is 3.07. The molecule has 20 heavy (non-hydrogen) atoms. The van der Waals surface area contributed by atoms with Crippen molar-refractivity contribution in [3.63, 3.8) is 0 Å². The average molecular weight is 283 g/mol. The van der Waals surface area contributed by atoms with Crippen LogP contribution in [0, 0.1) is 0 Å². The Morgan fingerprint density at radius 1 is 1.35 bits per heavy atom. The zero-order valence-corrected chi connectivity index (χ0v) is 11.5. The number of nitrogens with zero attached hydrogens (tertiary/aromatic N) is 1. The van der Waals surface area contributed by atoms with Gasteiger partial charge in [0.05, 0.1) is 5.56 Å². The van der Waals surface area contributed by atoms with Crippen LogP contribution in [0.3, 0.4) is 0 Å². The number of thiophene rings is 1. The molecule has 0 aliphatic rings. The van der Waals surface area contributed by atoms with E-state index in [-0.39, 0.29) is 5.91 Å². The van der Waals surface area contributed by atoms with E-state index < -0.39 is 0 Å². The molecule has 2 aromatic heterocycles. The van der Waals surface area contributed by atoms with Crippen LogP contribution in [0.2, 0.25) is 0 Å². The van der Waals surface area contributed by atoms with Gasteiger partial charge in [-0.15, -0.1) is 11.3 Å². The number of nitrogens with two attached hydrogens (primary N) is 1. The highest BCUT2D eigenvalue weighted by atomic mass is 32.1. The number of hydrogen-bond donors (Lipinski definition) is 2. The molecule has 0 fully saturated rings. The molecule has 4 nitrogen and oxygen atoms in total. The normalized spacial score (nSPS) is 10.6. The Balaban J connectivity index is 1.81. The second-order valence-corrected chi connectivity index (χ2v) is 5.42. The minimum Gasteiger partial charge on any atom is -0.380 e. The number of carbonyl (C=O) groups excluding carboxylic acids is 1. The van der Waals surface area contributed by atoms with Crippen molar-refractivity contribution in [2.24, 2.45) is 5.73 Å². The summed E-state index contributed by atoms with van der Waals surface area (Å²) in [4.78, 5) is 16.3. The van der Waals surface area contributed by atoms with Gasteiger partial charge >= 0.3 is 0 Å². The molecular weight excluding hydrogens is 270 g/mol. The zero-order chi connectivity index (χ0) is 13.9. The number of aromatic nitrogens is 1. The molecule has 100 valence electrons. The summed E-state index contributed by atoms with van der Waals surface area (Å²) in [6, 6.07) is 9.89. The molecule has 0 bridgehead atoms. The van der Waals surface area contributed by atoms with Crippen LogP contribution in [0.15, 0.2) is 48.1 Å². The maximum absolute atomic E-state index is 11.1. The summed E-state index contributed by atoms with van der Waals surface area (Å²) in [7, 11) is 0. The Kier molecular flexibility index (Phi) is 3.35. The summed E-state index contributed by atoms with van der Waals surface area (Å²) in [5, 5.41) is 7.39. The lowest BCUT2D eigenvalue weighted by atomic mass is 10.1. The van der Waals surface area contributed by atoms with Crippen molar-refractivity contribution in [2.75, 3.05) is 5.32 Å². The molecule has 0 aliphatic carbocycles. The van der Waals surface area contributed by atoms with Gasteiger partial charge in [-0.3, -0.25) is 9.78 Å². The fourth-order valence-corrected chi connectivity index (χ4v) is 2.87. The number of rotatable bonds is 4. The molecule has 0 radical (unpaired) electrons. The first-order valence-electron chi connectivity index (χ1n) is 6.18. The number of benzene rings is 1. The van der Waals surface area contributed by atoms with Gasteiger partial charge in [0.15, 0.2) is 0 Å². The molecular formula is C15H13N3OS. The van der Waals surface area contributed by atoms with Crippen molar-refractivity contribution in [1.82, 2.24) is 4.98 Å². The lowest BCUT2D eigenvalue weighted by Crippen LogP contribution is -2.09. The fraction of sp³-hybridized carbons (Fsp3) is 0.0667. The van der Waals surface area contributed by atoms with E-state index in [9.17, 15) is 4.79 Å². The first-order chi connectivity index (χ1) is 9.74. The zero-order valence-electron chi connectivity index (χ0n) is 10.7. The Morgan fingerprint density at radius 3 is 3.05 bits per heavy atom. The van der Waals surface area contributed by atoms with Crippen molar-refractivity contribution in [1.29, 1.82) is 0 Å². The molecule has 3 aromatic rings. The maximum atomic E-state index is 11.1. The van der Waals surface area contributed by atoms with Crippen molar-refractivity contribution in [3.8, 4) is 0 Å². The first kappa shape index (κ1) is 12.6. The second kappa shape index (κ2) is 5.30. The van der Waals surface area contributed by atoms with Gasteiger partial charge in [0.1, 0.15) is 0 Å². The third kappa shape index (κ3) is 2.48. The van der Waals surface area contributed by atoms with E-state index in [1.54, 1.807) is 11.6 Å². The summed E-state index contributed by atoms with van der Waals surface area (Å²) in [6.45, 7) is 0.659. The number of pyridine rings is 1. The summed E-state index contributed by atoms with van der Waals surface area (Å²) in [6.07, 6.45) is 3.63. The van der Waals surface area contributed by atoms with Gasteiger partial charge in [-0.05, 0) is 23.6 Å². The number of nitrogens with one attached hydrogen (secondary N) is 1. The lowest BCUT2D eigenvalue weighted by Gasteiger charge is -2.08. The summed E-state index contributed by atoms with van der Waals surface area (Å²) in [5.74, 6) is -0.387. The number of hydrogen-bond acceptors (Lipinski definition) is 4. The largest absolute Gasteiger partial charge is 0.380 e. The Hall–Kier alpha value is -2.40. The molecule has 2 heterocycles. The van der Waals surface area contributed by atoms with Crippen LogP contribution in [0.25, 0.3) is 10.8 Å². The van der Waals surface area contributed by atoms with Gasteiger partial charge < -0.3 is 11.1 Å². The number of anilines is 1. The monoisotopic (exact) mass is 283 g/mol. The summed E-state index contributed by atoms with van der Waals surface area (Å²) in [5.41, 5.74) is 6.84. The molecule has 3 N–H and O–H groups in total. The predicted octanol–water partition coefficient (Wildman–Crippen LogP) is 3.01. The quantitative estimate of drug-likeness (QED) is 0.773. The fourth-order valence-electron chi connectivity index (χ4n) is 2.05. The summed E-state index contributed by atoms with van der Waals surface area (Å²) >= 11 is 1.52. The lowest BCUT2D eigenvalue weighted by molar-refractivity contribution is 0.100. The number of primary amides is 1. The smallest absolute Gasteiger partial charge is 0.249 e. The minimum absolute atomic E-state index is 0.387. The SMILES string of the molecule is NC(=O)c1csc(CNc2cccc3ccncc23)c1. The van der Waals surface area contributed by atoms with Crippen LogP contribution in [-0.4, -0.2) is 10.9 Å². The highest BCUT2D eigenvalue weighted by Gasteiger charge is 2.05. The second-order valence-electron chi connectivity index (χ2n) is 4.42. The standard InChI is InChI=1S/C15H13N3OS/c16-15(19)11-6-12(20-9-11)7-18-14-3-1-2-10-4-5-17-8-13(10)14/h1-6,8-9,18H,7H2,(H2,16,19). The molecule has 0 aliphatic heterocycles. The molecule has 3 rings (SSSR count). The summed E-state index contributed by atoms with van der Waals surface area (Å²) < 4.78 is 0. The van der Waals surface area contributed by atoms with E-state index in [0.29, 0.717) is 12.1 Å². The molecule has 0 atom stereocenters. The average Bonchev–Trinajstić information content (AvgIpc) is 2.94. The predicted molar refractivity (Wildman–Crippen MR) is 81.9 cm³/mol. The highest BCUT2D eigenvalue weighted by molar-refractivity contribution is 7.10. The highest BCUT2D eigenvalue weighted by Crippen LogP contribution is 2.23. The van der Waals surface area contributed by atoms with Gasteiger partial charge in [0.25, 0.3) is 0 Å². The van der Waals surface area contributed by atoms with Crippen molar-refractivity contribution < 1.29 is 4.79 Å². The molecule has 0 unspecified atom stereocenters. The van der Waals surface area contributed by atoms with Gasteiger partial charge in [0, 0.05) is 40.3 Å². The molecule has 1 aromatic carbocycles. The van der Waals surface area contributed by atoms with Crippen LogP contribution in [0.1, 0.15) is 15.2 Å². The van der Waals surface area contributed by atoms with Gasteiger partial charge in [0.2, 0.25) is 5.91 Å². The van der Waals surface area contributed by atoms with Crippen LogP contribution in [0.5, 0.6) is 0 Å². The molecule has 0 saturated heterocycles. The maximum Gasteiger partial charge on any atom is 0.249 e. The van der Waals surface area contributed by atoms with E-state index in [2.05, 4.69) is 16.4 Å². The van der Waals surface area contributed by atoms with Crippen LogP contribution < -0.4 is 11.1 Å². The van der Waals surface area contributed by atoms with Crippen LogP contribution >= 0.6 is 11.3 Å². The Labute approximate surface area is 120 Å². The van der Waals surface area contributed by atoms with E-state index in [1.807, 2.05) is 30.5 Å². The third-order valence-corrected chi connectivity index (χ3v) is 4.01. The first-order valence-corrected chi connectivity index (χ1v) is 7.06. The molecule has 1 amide bonds. The molecule has 0 spiro atoms. The van der Waals surface area contributed by atoms with Crippen LogP contribution in [-0.2, 0) is 6.54 Å². The Morgan fingerprint density at radius 2 is 2.25 bits per heavy atom. The van der Waals surface area contributed by atoms with Gasteiger partial charge in [-0.25, -0.2) is 0 Å². The Bertz CT molecular complexity index is 761. The van der Waals surface area contributed by atoms with Crippen molar-refractivity contribution >= 4 is 33.7 Å². The van der Waals surface area contributed by atoms with E-state index in [4.69, 9.17) is 5.73 Å². The van der Waals surface area contributed by atoms with Crippen molar-refractivity contribution in [3.05, 3.63) is 58.5 Å². The minimum atomic E-state index is -0.387. The number of amides is 1. The van der Waals surface area contributed by atoms with Crippen LogP contribution in [0.4, 0.5) is 5.69 Å². The van der Waals surface area contributed by atoms with E-state index >= 15 is 0 Å². The number of fused-ring (bicyclic) bond motifs is 1. The van der Waals surface area contributed by atoms with Crippen molar-refractivity contribution in [2.45, 2.75) is 6.54 Å². The molecule has 0 saturated carbocycles. The van der Waals surface area contributed by atoms with E-state index in [1.165, 1.54) is 11.3 Å².